The highest BCUT2D eigenvalue weighted by Gasteiger charge is 2.32. The minimum absolute atomic E-state index is 0.216. The number of anilines is 1. The lowest BCUT2D eigenvalue weighted by molar-refractivity contribution is 0.0557. The SMILES string of the molecule is CN(CC1(O)CCCC1)c1nc(Cl)ncc1Br. The van der Waals surface area contributed by atoms with Gasteiger partial charge in [0.2, 0.25) is 5.28 Å². The van der Waals surface area contributed by atoms with Crippen molar-refractivity contribution in [2.75, 3.05) is 18.5 Å². The van der Waals surface area contributed by atoms with Crippen molar-refractivity contribution >= 4 is 33.3 Å². The van der Waals surface area contributed by atoms with Crippen molar-refractivity contribution in [2.24, 2.45) is 0 Å². The van der Waals surface area contributed by atoms with Crippen molar-refractivity contribution < 1.29 is 5.11 Å². The largest absolute Gasteiger partial charge is 0.388 e. The molecule has 0 aromatic carbocycles. The Morgan fingerprint density at radius 3 is 2.82 bits per heavy atom. The van der Waals surface area contributed by atoms with E-state index in [4.69, 9.17) is 11.6 Å². The summed E-state index contributed by atoms with van der Waals surface area (Å²) >= 11 is 9.17. The number of nitrogens with zero attached hydrogens (tertiary/aromatic N) is 3. The van der Waals surface area contributed by atoms with Gasteiger partial charge in [-0.15, -0.1) is 0 Å². The maximum absolute atomic E-state index is 10.3. The molecule has 6 heteroatoms. The second-order valence-electron chi connectivity index (χ2n) is 4.60. The Kier molecular flexibility index (Phi) is 3.90. The molecule has 0 aliphatic heterocycles. The lowest BCUT2D eigenvalue weighted by Crippen LogP contribution is -2.39. The van der Waals surface area contributed by atoms with E-state index in [1.54, 1.807) is 6.20 Å². The zero-order valence-corrected chi connectivity index (χ0v) is 12.0. The van der Waals surface area contributed by atoms with Crippen molar-refractivity contribution in [1.29, 1.82) is 0 Å². The minimum Gasteiger partial charge on any atom is -0.388 e. The molecule has 0 saturated heterocycles. The van der Waals surface area contributed by atoms with Gasteiger partial charge in [0.15, 0.2) is 0 Å². The van der Waals surface area contributed by atoms with Crippen LogP contribution >= 0.6 is 27.5 Å². The Morgan fingerprint density at radius 1 is 1.53 bits per heavy atom. The van der Waals surface area contributed by atoms with Gasteiger partial charge in [0, 0.05) is 19.8 Å². The fraction of sp³-hybridized carbons (Fsp3) is 0.636. The van der Waals surface area contributed by atoms with Crippen molar-refractivity contribution in [3.63, 3.8) is 0 Å². The summed E-state index contributed by atoms with van der Waals surface area (Å²) in [7, 11) is 1.90. The molecule has 1 fully saturated rings. The average Bonchev–Trinajstić information content (AvgIpc) is 2.68. The molecule has 2 rings (SSSR count). The van der Waals surface area contributed by atoms with Crippen LogP contribution in [0.25, 0.3) is 0 Å². The van der Waals surface area contributed by atoms with Gasteiger partial charge in [-0.05, 0) is 40.4 Å². The second-order valence-corrected chi connectivity index (χ2v) is 5.79. The van der Waals surface area contributed by atoms with E-state index in [0.717, 1.165) is 30.2 Å². The molecule has 1 saturated carbocycles. The summed E-state index contributed by atoms with van der Waals surface area (Å²) in [5.41, 5.74) is -0.592. The topological polar surface area (TPSA) is 49.2 Å². The van der Waals surface area contributed by atoms with E-state index in [1.165, 1.54) is 0 Å². The molecule has 1 heterocycles. The predicted molar refractivity (Wildman–Crippen MR) is 71.4 cm³/mol. The molecular formula is C11H15BrClN3O. The summed E-state index contributed by atoms with van der Waals surface area (Å²) < 4.78 is 0.783. The first-order chi connectivity index (χ1) is 8.00. The van der Waals surface area contributed by atoms with Crippen molar-refractivity contribution in [2.45, 2.75) is 31.3 Å². The summed E-state index contributed by atoms with van der Waals surface area (Å²) in [6.07, 6.45) is 5.52. The smallest absolute Gasteiger partial charge is 0.224 e. The van der Waals surface area contributed by atoms with Crippen LogP contribution in [0, 0.1) is 0 Å². The summed E-state index contributed by atoms with van der Waals surface area (Å²) in [6.45, 7) is 0.568. The van der Waals surface area contributed by atoms with Gasteiger partial charge in [0.1, 0.15) is 5.82 Å². The second kappa shape index (κ2) is 5.08. The standard InChI is InChI=1S/C11H15BrClN3O/c1-16(7-11(17)4-2-3-5-11)9-8(12)6-14-10(13)15-9/h6,17H,2-5,7H2,1H3. The molecule has 1 aromatic heterocycles. The molecule has 4 nitrogen and oxygen atoms in total. The number of likely N-dealkylation sites (N-methyl/N-ethyl adjacent to an activating group) is 1. The summed E-state index contributed by atoms with van der Waals surface area (Å²) in [4.78, 5) is 9.98. The van der Waals surface area contributed by atoms with E-state index in [0.29, 0.717) is 12.4 Å². The van der Waals surface area contributed by atoms with Crippen LogP contribution in [0.4, 0.5) is 5.82 Å². The van der Waals surface area contributed by atoms with E-state index < -0.39 is 5.60 Å². The predicted octanol–water partition coefficient (Wildman–Crippen LogP) is 2.63. The number of hydrogen-bond donors (Lipinski definition) is 1. The lowest BCUT2D eigenvalue weighted by atomic mass is 10.0. The third-order valence-corrected chi connectivity index (χ3v) is 3.87. The molecule has 1 aliphatic carbocycles. The Morgan fingerprint density at radius 2 is 2.18 bits per heavy atom. The number of hydrogen-bond acceptors (Lipinski definition) is 4. The van der Waals surface area contributed by atoms with Gasteiger partial charge in [0.25, 0.3) is 0 Å². The summed E-state index contributed by atoms with van der Waals surface area (Å²) in [5.74, 6) is 0.713. The molecular weight excluding hydrogens is 305 g/mol. The maximum Gasteiger partial charge on any atom is 0.224 e. The number of aliphatic hydroxyl groups is 1. The molecule has 1 aromatic rings. The quantitative estimate of drug-likeness (QED) is 0.870. The van der Waals surface area contributed by atoms with Crippen LogP contribution in [0.2, 0.25) is 5.28 Å². The van der Waals surface area contributed by atoms with Crippen LogP contribution in [-0.2, 0) is 0 Å². The number of halogens is 2. The van der Waals surface area contributed by atoms with E-state index in [2.05, 4.69) is 25.9 Å². The van der Waals surface area contributed by atoms with Crippen molar-refractivity contribution in [3.05, 3.63) is 16.0 Å². The fourth-order valence-electron chi connectivity index (χ4n) is 2.31. The zero-order valence-electron chi connectivity index (χ0n) is 9.66. The third-order valence-electron chi connectivity index (χ3n) is 3.12. The van der Waals surface area contributed by atoms with Crippen molar-refractivity contribution in [3.8, 4) is 0 Å². The van der Waals surface area contributed by atoms with Crippen LogP contribution < -0.4 is 4.90 Å². The monoisotopic (exact) mass is 319 g/mol. The van der Waals surface area contributed by atoms with Crippen LogP contribution in [0.15, 0.2) is 10.7 Å². The van der Waals surface area contributed by atoms with Gasteiger partial charge in [0.05, 0.1) is 10.1 Å². The summed E-state index contributed by atoms with van der Waals surface area (Å²) in [5, 5.41) is 10.6. The van der Waals surface area contributed by atoms with Gasteiger partial charge < -0.3 is 10.0 Å². The van der Waals surface area contributed by atoms with E-state index in [-0.39, 0.29) is 5.28 Å². The molecule has 1 aliphatic rings. The highest BCUT2D eigenvalue weighted by Crippen LogP contribution is 2.32. The Balaban J connectivity index is 2.13. The van der Waals surface area contributed by atoms with Gasteiger partial charge in [-0.2, -0.15) is 4.98 Å². The molecule has 17 heavy (non-hydrogen) atoms. The highest BCUT2D eigenvalue weighted by molar-refractivity contribution is 9.10. The van der Waals surface area contributed by atoms with E-state index >= 15 is 0 Å². The van der Waals surface area contributed by atoms with Gasteiger partial charge >= 0.3 is 0 Å². The van der Waals surface area contributed by atoms with Crippen LogP contribution in [-0.4, -0.2) is 34.3 Å². The molecule has 0 atom stereocenters. The molecule has 94 valence electrons. The first-order valence-corrected chi connectivity index (χ1v) is 6.79. The molecule has 0 unspecified atom stereocenters. The van der Waals surface area contributed by atoms with E-state index in [1.807, 2.05) is 11.9 Å². The lowest BCUT2D eigenvalue weighted by Gasteiger charge is -2.29. The molecule has 0 bridgehead atoms. The first kappa shape index (κ1) is 13.1. The molecule has 0 radical (unpaired) electrons. The van der Waals surface area contributed by atoms with Gasteiger partial charge in [-0.1, -0.05) is 12.8 Å². The summed E-state index contributed by atoms with van der Waals surface area (Å²) in [6, 6.07) is 0. The molecule has 0 spiro atoms. The van der Waals surface area contributed by atoms with Crippen LogP contribution in [0.1, 0.15) is 25.7 Å². The Hall–Kier alpha value is -0.390. The van der Waals surface area contributed by atoms with Crippen LogP contribution in [0.3, 0.4) is 0 Å². The van der Waals surface area contributed by atoms with Gasteiger partial charge in [-0.3, -0.25) is 0 Å². The molecule has 1 N–H and O–H groups in total. The first-order valence-electron chi connectivity index (χ1n) is 5.62. The average molecular weight is 321 g/mol. The molecule has 0 amide bonds. The highest BCUT2D eigenvalue weighted by atomic mass is 79.9. The number of aromatic nitrogens is 2. The van der Waals surface area contributed by atoms with Gasteiger partial charge in [-0.25, -0.2) is 4.98 Å². The third kappa shape index (κ3) is 3.09. The van der Waals surface area contributed by atoms with E-state index in [9.17, 15) is 5.11 Å². The normalized spacial score (nSPS) is 18.4. The fourth-order valence-corrected chi connectivity index (χ4v) is 2.94. The minimum atomic E-state index is -0.592. The van der Waals surface area contributed by atoms with Crippen LogP contribution in [0.5, 0.6) is 0 Å². The van der Waals surface area contributed by atoms with Crippen molar-refractivity contribution in [1.82, 2.24) is 9.97 Å². The number of rotatable bonds is 3. The Bertz CT molecular complexity index is 410. The maximum atomic E-state index is 10.3. The Labute approximate surface area is 114 Å². The zero-order chi connectivity index (χ0) is 12.5.